The second-order valence-corrected chi connectivity index (χ2v) is 6.39. The Morgan fingerprint density at radius 3 is 2.54 bits per heavy atom. The summed E-state index contributed by atoms with van der Waals surface area (Å²) in [6.45, 7) is 2.05. The first-order valence-corrected chi connectivity index (χ1v) is 8.83. The Labute approximate surface area is 160 Å². The topological polar surface area (TPSA) is 58.6 Å². The van der Waals surface area contributed by atoms with Gasteiger partial charge in [0.15, 0.2) is 17.5 Å². The molecular formula is C20H19F3N2O3. The molecule has 1 heterocycles. The molecule has 1 unspecified atom stereocenters. The van der Waals surface area contributed by atoms with Crippen molar-refractivity contribution in [1.29, 1.82) is 0 Å². The number of aryl methyl sites for hydroxylation is 1. The Morgan fingerprint density at radius 2 is 1.86 bits per heavy atom. The molecule has 1 N–H and O–H groups in total. The molecule has 0 radical (unpaired) electrons. The highest BCUT2D eigenvalue weighted by Gasteiger charge is 2.28. The fourth-order valence-electron chi connectivity index (χ4n) is 2.91. The average molecular weight is 392 g/mol. The summed E-state index contributed by atoms with van der Waals surface area (Å²) in [5.74, 6) is -5.72. The van der Waals surface area contributed by atoms with E-state index in [2.05, 4.69) is 5.32 Å². The van der Waals surface area contributed by atoms with Gasteiger partial charge in [-0.05, 0) is 36.2 Å². The molecule has 148 valence electrons. The van der Waals surface area contributed by atoms with E-state index < -0.39 is 35.0 Å². The number of ether oxygens (including phenoxy) is 1. The lowest BCUT2D eigenvalue weighted by Gasteiger charge is -2.33. The lowest BCUT2D eigenvalue weighted by atomic mass is 10.1. The van der Waals surface area contributed by atoms with Gasteiger partial charge in [0.05, 0.1) is 18.2 Å². The molecule has 0 aliphatic carbocycles. The highest BCUT2D eigenvalue weighted by atomic mass is 19.2. The first-order valence-electron chi connectivity index (χ1n) is 8.83. The lowest BCUT2D eigenvalue weighted by molar-refractivity contribution is -0.129. The van der Waals surface area contributed by atoms with Gasteiger partial charge < -0.3 is 15.0 Å². The monoisotopic (exact) mass is 392 g/mol. The van der Waals surface area contributed by atoms with Crippen molar-refractivity contribution in [2.75, 3.05) is 24.6 Å². The van der Waals surface area contributed by atoms with Crippen LogP contribution >= 0.6 is 0 Å². The second-order valence-electron chi connectivity index (χ2n) is 6.39. The van der Waals surface area contributed by atoms with Crippen molar-refractivity contribution in [2.45, 2.75) is 19.4 Å². The number of halogens is 3. The van der Waals surface area contributed by atoms with E-state index in [9.17, 15) is 22.8 Å². The van der Waals surface area contributed by atoms with Gasteiger partial charge >= 0.3 is 0 Å². The summed E-state index contributed by atoms with van der Waals surface area (Å²) in [4.78, 5) is 25.8. The van der Waals surface area contributed by atoms with Crippen LogP contribution in [-0.4, -0.2) is 37.6 Å². The van der Waals surface area contributed by atoms with Gasteiger partial charge in [0.2, 0.25) is 0 Å². The van der Waals surface area contributed by atoms with Gasteiger partial charge in [-0.15, -0.1) is 0 Å². The molecule has 1 aliphatic rings. The van der Waals surface area contributed by atoms with E-state index in [4.69, 9.17) is 4.74 Å². The molecule has 0 spiro atoms. The summed E-state index contributed by atoms with van der Waals surface area (Å²) >= 11 is 0. The van der Waals surface area contributed by atoms with Crippen molar-refractivity contribution < 1.29 is 27.5 Å². The number of carbonyl (C=O) groups is 2. The number of nitrogens with one attached hydrogen (secondary N) is 1. The van der Waals surface area contributed by atoms with Crippen molar-refractivity contribution in [1.82, 2.24) is 5.32 Å². The molecule has 1 atom stereocenters. The van der Waals surface area contributed by atoms with Gasteiger partial charge in [-0.25, -0.2) is 13.2 Å². The molecule has 5 nitrogen and oxygen atoms in total. The summed E-state index contributed by atoms with van der Waals surface area (Å²) < 4.78 is 45.4. The Hall–Kier alpha value is -2.87. The van der Waals surface area contributed by atoms with E-state index in [1.807, 2.05) is 31.2 Å². The number of carbonyl (C=O) groups excluding carboxylic acids is 2. The highest BCUT2D eigenvalue weighted by Crippen LogP contribution is 2.20. The predicted molar refractivity (Wildman–Crippen MR) is 96.6 cm³/mol. The van der Waals surface area contributed by atoms with Gasteiger partial charge in [0.1, 0.15) is 6.61 Å². The number of rotatable bonds is 5. The van der Waals surface area contributed by atoms with E-state index >= 15 is 0 Å². The van der Waals surface area contributed by atoms with Crippen molar-refractivity contribution >= 4 is 17.5 Å². The van der Waals surface area contributed by atoms with Gasteiger partial charge in [-0.1, -0.05) is 19.1 Å². The summed E-state index contributed by atoms with van der Waals surface area (Å²) in [5.41, 5.74) is 1.26. The minimum absolute atomic E-state index is 0.0197. The molecule has 0 bridgehead atoms. The normalized spacial score (nSPS) is 16.9. The van der Waals surface area contributed by atoms with Crippen LogP contribution in [-0.2, 0) is 16.0 Å². The number of nitrogens with zero attached hydrogens (tertiary/aromatic N) is 1. The van der Waals surface area contributed by atoms with Crippen LogP contribution in [0.25, 0.3) is 0 Å². The zero-order valence-corrected chi connectivity index (χ0v) is 15.2. The smallest absolute Gasteiger partial charge is 0.254 e. The van der Waals surface area contributed by atoms with Crippen molar-refractivity contribution in [3.05, 3.63) is 65.0 Å². The minimum Gasteiger partial charge on any atom is -0.365 e. The number of morpholine rings is 1. The summed E-state index contributed by atoms with van der Waals surface area (Å²) in [7, 11) is 0. The molecule has 28 heavy (non-hydrogen) atoms. The maximum Gasteiger partial charge on any atom is 0.254 e. The fourth-order valence-corrected chi connectivity index (χ4v) is 2.91. The molecule has 2 aromatic rings. The standard InChI is InChI=1S/C20H19F3N2O3/c1-2-12-3-5-13(6-4-12)25-10-14(28-11-17(25)26)9-24-20(27)15-7-8-16(21)19(23)18(15)22/h3-8,14H,2,9-11H2,1H3,(H,24,27). The van der Waals surface area contributed by atoms with Gasteiger partial charge in [-0.2, -0.15) is 0 Å². The van der Waals surface area contributed by atoms with Crippen LogP contribution in [0.2, 0.25) is 0 Å². The number of hydrogen-bond acceptors (Lipinski definition) is 3. The second kappa shape index (κ2) is 8.43. The highest BCUT2D eigenvalue weighted by molar-refractivity contribution is 5.95. The molecule has 8 heteroatoms. The molecular weight excluding hydrogens is 373 g/mol. The SMILES string of the molecule is CCc1ccc(N2CC(CNC(=O)c3ccc(F)c(F)c3F)OCC2=O)cc1. The third-order valence-electron chi connectivity index (χ3n) is 4.56. The van der Waals surface area contributed by atoms with E-state index in [-0.39, 0.29) is 25.6 Å². The van der Waals surface area contributed by atoms with Crippen molar-refractivity contribution in [3.8, 4) is 0 Å². The maximum absolute atomic E-state index is 13.7. The number of anilines is 1. The Kier molecular flexibility index (Phi) is 5.99. The number of amides is 2. The average Bonchev–Trinajstić information content (AvgIpc) is 2.71. The molecule has 1 aliphatic heterocycles. The summed E-state index contributed by atoms with van der Waals surface area (Å²) in [6, 6.07) is 9.10. The molecule has 0 saturated carbocycles. The zero-order valence-electron chi connectivity index (χ0n) is 15.2. The maximum atomic E-state index is 13.7. The van der Waals surface area contributed by atoms with Crippen LogP contribution in [0.5, 0.6) is 0 Å². The van der Waals surface area contributed by atoms with Crippen molar-refractivity contribution in [2.24, 2.45) is 0 Å². The zero-order chi connectivity index (χ0) is 20.3. The van der Waals surface area contributed by atoms with Crippen LogP contribution in [0, 0.1) is 17.5 Å². The van der Waals surface area contributed by atoms with Gasteiger partial charge in [-0.3, -0.25) is 9.59 Å². The quantitative estimate of drug-likeness (QED) is 0.797. The third kappa shape index (κ3) is 4.17. The van der Waals surface area contributed by atoms with Crippen LogP contribution in [0.1, 0.15) is 22.8 Å². The van der Waals surface area contributed by atoms with Crippen molar-refractivity contribution in [3.63, 3.8) is 0 Å². The Balaban J connectivity index is 1.64. The molecule has 2 amide bonds. The summed E-state index contributed by atoms with van der Waals surface area (Å²) in [6.07, 6.45) is 0.354. The molecule has 2 aromatic carbocycles. The van der Waals surface area contributed by atoms with Crippen LogP contribution in [0.15, 0.2) is 36.4 Å². The van der Waals surface area contributed by atoms with Crippen LogP contribution < -0.4 is 10.2 Å². The number of benzene rings is 2. The van der Waals surface area contributed by atoms with Gasteiger partial charge in [0.25, 0.3) is 11.8 Å². The first-order chi connectivity index (χ1) is 13.4. The Morgan fingerprint density at radius 1 is 1.14 bits per heavy atom. The first kappa shape index (κ1) is 19.9. The lowest BCUT2D eigenvalue weighted by Crippen LogP contribution is -2.50. The molecule has 3 rings (SSSR count). The molecule has 1 fully saturated rings. The Bertz CT molecular complexity index is 887. The largest absolute Gasteiger partial charge is 0.365 e. The van der Waals surface area contributed by atoms with Crippen LogP contribution in [0.4, 0.5) is 18.9 Å². The minimum atomic E-state index is -1.70. The summed E-state index contributed by atoms with van der Waals surface area (Å²) in [5, 5.41) is 2.43. The predicted octanol–water partition coefficient (Wildman–Crippen LogP) is 2.83. The van der Waals surface area contributed by atoms with Crippen LogP contribution in [0.3, 0.4) is 0 Å². The molecule has 1 saturated heterocycles. The van der Waals surface area contributed by atoms with E-state index in [1.54, 1.807) is 4.90 Å². The van der Waals surface area contributed by atoms with E-state index in [1.165, 1.54) is 0 Å². The van der Waals surface area contributed by atoms with E-state index in [0.717, 1.165) is 18.1 Å². The fraction of sp³-hybridized carbons (Fsp3) is 0.300. The number of hydrogen-bond donors (Lipinski definition) is 1. The third-order valence-corrected chi connectivity index (χ3v) is 4.56. The van der Waals surface area contributed by atoms with E-state index in [0.29, 0.717) is 11.8 Å². The van der Waals surface area contributed by atoms with Gasteiger partial charge in [0, 0.05) is 12.2 Å². The molecule has 0 aromatic heterocycles.